The number of aromatic nitrogens is 3. The van der Waals surface area contributed by atoms with Crippen LogP contribution in [0.3, 0.4) is 0 Å². The van der Waals surface area contributed by atoms with Crippen molar-refractivity contribution in [2.24, 2.45) is 0 Å². The highest BCUT2D eigenvalue weighted by atomic mass is 35.5. The Morgan fingerprint density at radius 2 is 2.14 bits per heavy atom. The number of carbonyl (C=O) groups excluding carboxylic acids is 1. The topological polar surface area (TPSA) is 77.1 Å². The maximum atomic E-state index is 11.5. The third kappa shape index (κ3) is 4.92. The summed E-state index contributed by atoms with van der Waals surface area (Å²) < 4.78 is 10.5. The summed E-state index contributed by atoms with van der Waals surface area (Å²) in [6.45, 7) is 4.14. The predicted molar refractivity (Wildman–Crippen MR) is 84.1 cm³/mol. The summed E-state index contributed by atoms with van der Waals surface area (Å²) in [5.41, 5.74) is 0. The molecule has 1 heterocycles. The van der Waals surface area contributed by atoms with Crippen LogP contribution in [-0.4, -0.2) is 33.0 Å². The number of rotatable bonds is 7. The molecule has 0 bridgehead atoms. The van der Waals surface area contributed by atoms with Gasteiger partial charge < -0.3 is 9.47 Å². The summed E-state index contributed by atoms with van der Waals surface area (Å²) in [4.78, 5) is 15.8. The largest absolute Gasteiger partial charge is 0.486 e. The average Bonchev–Trinajstić information content (AvgIpc) is 2.94. The lowest BCUT2D eigenvalue weighted by Gasteiger charge is -2.06. The lowest BCUT2D eigenvalue weighted by atomic mass is 10.3. The first-order chi connectivity index (χ1) is 10.6. The van der Waals surface area contributed by atoms with Crippen molar-refractivity contribution in [2.45, 2.75) is 30.9 Å². The van der Waals surface area contributed by atoms with Crippen molar-refractivity contribution in [1.82, 2.24) is 15.2 Å². The number of nitrogens with one attached hydrogen (secondary N) is 1. The van der Waals surface area contributed by atoms with Crippen LogP contribution in [0.1, 0.15) is 19.7 Å². The molecule has 0 aliphatic carbocycles. The van der Waals surface area contributed by atoms with Crippen molar-refractivity contribution in [2.75, 3.05) is 6.61 Å². The summed E-state index contributed by atoms with van der Waals surface area (Å²) in [7, 11) is 0. The van der Waals surface area contributed by atoms with E-state index < -0.39 is 0 Å². The lowest BCUT2D eigenvalue weighted by molar-refractivity contribution is -0.142. The van der Waals surface area contributed by atoms with Crippen LogP contribution >= 0.6 is 23.4 Å². The van der Waals surface area contributed by atoms with Gasteiger partial charge in [-0.3, -0.25) is 9.89 Å². The number of H-pyrrole nitrogens is 1. The molecule has 0 radical (unpaired) electrons. The second kappa shape index (κ2) is 8.05. The molecule has 22 heavy (non-hydrogen) atoms. The van der Waals surface area contributed by atoms with Gasteiger partial charge in [-0.05, 0) is 38.1 Å². The van der Waals surface area contributed by atoms with E-state index in [4.69, 9.17) is 21.1 Å². The van der Waals surface area contributed by atoms with Crippen LogP contribution in [0, 0.1) is 0 Å². The highest BCUT2D eigenvalue weighted by Gasteiger charge is 2.18. The highest BCUT2D eigenvalue weighted by Crippen LogP contribution is 2.21. The van der Waals surface area contributed by atoms with Crippen LogP contribution in [0.15, 0.2) is 29.4 Å². The minimum Gasteiger partial charge on any atom is -0.486 e. The Morgan fingerprint density at radius 1 is 1.41 bits per heavy atom. The summed E-state index contributed by atoms with van der Waals surface area (Å²) in [5.74, 6) is 0.986. The monoisotopic (exact) mass is 341 g/mol. The number of benzene rings is 1. The Morgan fingerprint density at radius 3 is 2.82 bits per heavy atom. The number of nitrogens with zero attached hydrogens (tertiary/aromatic N) is 2. The molecule has 0 saturated heterocycles. The van der Waals surface area contributed by atoms with Crippen molar-refractivity contribution >= 4 is 29.3 Å². The van der Waals surface area contributed by atoms with Gasteiger partial charge in [0.05, 0.1) is 6.61 Å². The van der Waals surface area contributed by atoms with Gasteiger partial charge in [0.15, 0.2) is 5.82 Å². The standard InChI is InChI=1S/C14H16ClN3O3S/c1-3-20-13(19)9(2)22-14-16-12(17-18-14)8-21-11-6-4-10(15)5-7-11/h4-7,9H,3,8H2,1-2H3,(H,16,17,18). The summed E-state index contributed by atoms with van der Waals surface area (Å²) in [6.07, 6.45) is 0. The first kappa shape index (κ1) is 16.6. The molecule has 0 fully saturated rings. The summed E-state index contributed by atoms with van der Waals surface area (Å²) >= 11 is 7.04. The molecule has 2 rings (SSSR count). The van der Waals surface area contributed by atoms with Gasteiger partial charge in [0.25, 0.3) is 0 Å². The molecule has 8 heteroatoms. The molecular formula is C14H16ClN3O3S. The molecule has 0 spiro atoms. The van der Waals surface area contributed by atoms with Gasteiger partial charge in [-0.25, -0.2) is 4.98 Å². The number of thioether (sulfide) groups is 1. The van der Waals surface area contributed by atoms with E-state index in [-0.39, 0.29) is 17.8 Å². The second-order valence-corrected chi connectivity index (χ2v) is 6.06. The number of esters is 1. The van der Waals surface area contributed by atoms with Gasteiger partial charge in [0.2, 0.25) is 5.16 Å². The SMILES string of the molecule is CCOC(=O)C(C)Sc1n[nH]c(COc2ccc(Cl)cc2)n1. The molecule has 1 N–H and O–H groups in total. The fourth-order valence-electron chi connectivity index (χ4n) is 1.54. The van der Waals surface area contributed by atoms with Gasteiger partial charge >= 0.3 is 5.97 Å². The number of hydrogen-bond donors (Lipinski definition) is 1. The van der Waals surface area contributed by atoms with Crippen molar-refractivity contribution in [3.05, 3.63) is 35.1 Å². The first-order valence-electron chi connectivity index (χ1n) is 6.71. The summed E-state index contributed by atoms with van der Waals surface area (Å²) in [6, 6.07) is 7.05. The van der Waals surface area contributed by atoms with Gasteiger partial charge in [0, 0.05) is 5.02 Å². The van der Waals surface area contributed by atoms with Crippen LogP contribution in [0.25, 0.3) is 0 Å². The van der Waals surface area contributed by atoms with Crippen molar-refractivity contribution in [1.29, 1.82) is 0 Å². The Hall–Kier alpha value is -1.73. The molecule has 1 aromatic heterocycles. The fraction of sp³-hybridized carbons (Fsp3) is 0.357. The fourth-order valence-corrected chi connectivity index (χ4v) is 2.41. The Kier molecular flexibility index (Phi) is 6.09. The highest BCUT2D eigenvalue weighted by molar-refractivity contribution is 8.00. The molecule has 0 saturated carbocycles. The van der Waals surface area contributed by atoms with E-state index in [2.05, 4.69) is 15.2 Å². The molecule has 2 aromatic rings. The average molecular weight is 342 g/mol. The van der Waals surface area contributed by atoms with Crippen LogP contribution in [0.2, 0.25) is 5.02 Å². The third-order valence-electron chi connectivity index (χ3n) is 2.60. The number of carbonyl (C=O) groups is 1. The molecule has 118 valence electrons. The first-order valence-corrected chi connectivity index (χ1v) is 7.97. The number of halogens is 1. The van der Waals surface area contributed by atoms with E-state index in [0.29, 0.717) is 28.4 Å². The van der Waals surface area contributed by atoms with Crippen LogP contribution in [0.5, 0.6) is 5.75 Å². The molecule has 0 amide bonds. The van der Waals surface area contributed by atoms with Gasteiger partial charge in [0.1, 0.15) is 17.6 Å². The summed E-state index contributed by atoms with van der Waals surface area (Å²) in [5, 5.41) is 7.59. The number of ether oxygens (including phenoxy) is 2. The smallest absolute Gasteiger partial charge is 0.319 e. The number of hydrogen-bond acceptors (Lipinski definition) is 6. The minimum absolute atomic E-state index is 0.253. The molecule has 1 unspecified atom stereocenters. The molecule has 0 aliphatic heterocycles. The van der Waals surface area contributed by atoms with Crippen LogP contribution in [0.4, 0.5) is 0 Å². The second-order valence-electron chi connectivity index (χ2n) is 4.32. The van der Waals surface area contributed by atoms with E-state index in [1.807, 2.05) is 0 Å². The van der Waals surface area contributed by atoms with Crippen molar-refractivity contribution < 1.29 is 14.3 Å². The predicted octanol–water partition coefficient (Wildman–Crippen LogP) is 3.08. The van der Waals surface area contributed by atoms with E-state index in [1.54, 1.807) is 38.1 Å². The normalized spacial score (nSPS) is 12.0. The van der Waals surface area contributed by atoms with E-state index in [1.165, 1.54) is 11.8 Å². The van der Waals surface area contributed by atoms with E-state index >= 15 is 0 Å². The maximum absolute atomic E-state index is 11.5. The molecule has 0 aliphatic rings. The van der Waals surface area contributed by atoms with Gasteiger partial charge in [-0.1, -0.05) is 23.4 Å². The van der Waals surface area contributed by atoms with Crippen molar-refractivity contribution in [3.8, 4) is 5.75 Å². The zero-order valence-electron chi connectivity index (χ0n) is 12.2. The molecule has 1 aromatic carbocycles. The zero-order chi connectivity index (χ0) is 15.9. The van der Waals surface area contributed by atoms with Gasteiger partial charge in [-0.15, -0.1) is 5.10 Å². The Balaban J connectivity index is 1.86. The van der Waals surface area contributed by atoms with Gasteiger partial charge in [-0.2, -0.15) is 0 Å². The van der Waals surface area contributed by atoms with Crippen molar-refractivity contribution in [3.63, 3.8) is 0 Å². The van der Waals surface area contributed by atoms with E-state index in [9.17, 15) is 4.79 Å². The molecular weight excluding hydrogens is 326 g/mol. The minimum atomic E-state index is -0.360. The molecule has 1 atom stereocenters. The molecule has 6 nitrogen and oxygen atoms in total. The quantitative estimate of drug-likeness (QED) is 0.616. The zero-order valence-corrected chi connectivity index (χ0v) is 13.8. The van der Waals surface area contributed by atoms with Crippen LogP contribution < -0.4 is 4.74 Å². The van der Waals surface area contributed by atoms with E-state index in [0.717, 1.165) is 0 Å². The Bertz CT molecular complexity index is 618. The third-order valence-corrected chi connectivity index (χ3v) is 3.79. The Labute approximate surface area is 137 Å². The number of aromatic amines is 1. The lowest BCUT2D eigenvalue weighted by Crippen LogP contribution is -2.16. The van der Waals surface area contributed by atoms with Crippen LogP contribution in [-0.2, 0) is 16.1 Å². The maximum Gasteiger partial charge on any atom is 0.319 e.